The molecule has 0 unspecified atom stereocenters. The summed E-state index contributed by atoms with van der Waals surface area (Å²) in [4.78, 5) is 0. The number of hydrogen-bond acceptors (Lipinski definition) is 9. The average molecular weight is 420 g/mol. The molecule has 9 nitrogen and oxygen atoms in total. The predicted molar refractivity (Wildman–Crippen MR) is 105 cm³/mol. The molecule has 0 amide bonds. The summed E-state index contributed by atoms with van der Waals surface area (Å²) >= 11 is 0. The number of rotatable bonds is 6. The van der Waals surface area contributed by atoms with Gasteiger partial charge < -0.3 is 44.8 Å². The Morgan fingerprint density at radius 1 is 1.10 bits per heavy atom. The minimum Gasteiger partial charge on any atom is -0.504 e. The summed E-state index contributed by atoms with van der Waals surface area (Å²) in [5, 5.41) is 61.1. The van der Waals surface area contributed by atoms with Crippen LogP contribution >= 0.6 is 0 Å². The van der Waals surface area contributed by atoms with Crippen LogP contribution in [-0.2, 0) is 4.74 Å². The molecule has 0 radical (unpaired) electrons. The number of aliphatic hydroxyl groups excluding tert-OH is 3. The van der Waals surface area contributed by atoms with Crippen LogP contribution in [0.2, 0.25) is 0 Å². The zero-order chi connectivity index (χ0) is 21.9. The van der Waals surface area contributed by atoms with Gasteiger partial charge in [-0.2, -0.15) is 0 Å². The Morgan fingerprint density at radius 3 is 2.43 bits per heavy atom. The summed E-state index contributed by atoms with van der Waals surface area (Å²) in [7, 11) is 1.38. The number of ether oxygens (including phenoxy) is 3. The first kappa shape index (κ1) is 22.0. The van der Waals surface area contributed by atoms with E-state index < -0.39 is 36.5 Å². The number of phenols is 1. The third-order valence-electron chi connectivity index (χ3n) is 4.90. The molecule has 1 aliphatic rings. The summed E-state index contributed by atoms with van der Waals surface area (Å²) in [6, 6.07) is 12.6. The fourth-order valence-electron chi connectivity index (χ4n) is 3.13. The Balaban J connectivity index is 1.94. The molecule has 6 N–H and O–H groups in total. The highest BCUT2D eigenvalue weighted by Crippen LogP contribution is 2.38. The zero-order valence-corrected chi connectivity index (χ0v) is 16.1. The Bertz CT molecular complexity index is 883. The lowest BCUT2D eigenvalue weighted by atomic mass is 9.84. The SMILES string of the molecule is COc1cc(/C=C/[C@]2(CO)O[C@@H](Oc3ccccc3)[C@H](O)C(O)(O)[C@@H]2O)ccc1O. The van der Waals surface area contributed by atoms with Crippen molar-refractivity contribution in [3.8, 4) is 17.2 Å². The molecule has 1 fully saturated rings. The van der Waals surface area contributed by atoms with Crippen LogP contribution in [0.1, 0.15) is 5.56 Å². The van der Waals surface area contributed by atoms with Crippen molar-refractivity contribution in [2.45, 2.75) is 29.9 Å². The second-order valence-electron chi connectivity index (χ2n) is 6.93. The maximum atomic E-state index is 10.5. The highest BCUT2D eigenvalue weighted by atomic mass is 16.7. The Labute approximate surface area is 172 Å². The Hall–Kier alpha value is -2.66. The monoisotopic (exact) mass is 420 g/mol. The smallest absolute Gasteiger partial charge is 0.232 e. The number of aromatic hydroxyl groups is 1. The van der Waals surface area contributed by atoms with Gasteiger partial charge in [0.15, 0.2) is 17.6 Å². The molecule has 0 aromatic heterocycles. The van der Waals surface area contributed by atoms with Crippen molar-refractivity contribution < 1.29 is 44.8 Å². The van der Waals surface area contributed by atoms with Crippen molar-refractivity contribution in [3.63, 3.8) is 0 Å². The molecule has 2 aromatic rings. The van der Waals surface area contributed by atoms with Gasteiger partial charge in [0.1, 0.15) is 17.5 Å². The van der Waals surface area contributed by atoms with Crippen LogP contribution in [-0.4, -0.2) is 74.2 Å². The van der Waals surface area contributed by atoms with E-state index in [1.807, 2.05) is 0 Å². The van der Waals surface area contributed by atoms with Crippen LogP contribution in [0.5, 0.6) is 17.2 Å². The first-order chi connectivity index (χ1) is 14.2. The zero-order valence-electron chi connectivity index (χ0n) is 16.1. The van der Waals surface area contributed by atoms with Crippen LogP contribution in [0.4, 0.5) is 0 Å². The van der Waals surface area contributed by atoms with Gasteiger partial charge in [0.25, 0.3) is 0 Å². The largest absolute Gasteiger partial charge is 0.504 e. The molecular weight excluding hydrogens is 396 g/mol. The Morgan fingerprint density at radius 2 is 1.80 bits per heavy atom. The molecule has 162 valence electrons. The molecule has 30 heavy (non-hydrogen) atoms. The van der Waals surface area contributed by atoms with E-state index in [1.54, 1.807) is 30.3 Å². The number of phenolic OH excluding ortho intramolecular Hbond substituents is 1. The van der Waals surface area contributed by atoms with E-state index in [2.05, 4.69) is 0 Å². The van der Waals surface area contributed by atoms with Crippen molar-refractivity contribution in [2.75, 3.05) is 13.7 Å². The summed E-state index contributed by atoms with van der Waals surface area (Å²) < 4.78 is 16.2. The molecule has 1 heterocycles. The third kappa shape index (κ3) is 4.12. The normalized spacial score (nSPS) is 28.4. The molecule has 0 aliphatic carbocycles. The van der Waals surface area contributed by atoms with E-state index in [0.717, 1.165) is 0 Å². The molecule has 0 saturated carbocycles. The van der Waals surface area contributed by atoms with E-state index in [0.29, 0.717) is 5.56 Å². The van der Waals surface area contributed by atoms with E-state index >= 15 is 0 Å². The number of hydrogen-bond donors (Lipinski definition) is 6. The maximum absolute atomic E-state index is 10.5. The molecule has 1 aliphatic heterocycles. The van der Waals surface area contributed by atoms with Gasteiger partial charge in [-0.25, -0.2) is 0 Å². The minimum atomic E-state index is -3.04. The van der Waals surface area contributed by atoms with Crippen molar-refractivity contribution in [1.29, 1.82) is 0 Å². The van der Waals surface area contributed by atoms with Crippen molar-refractivity contribution in [2.24, 2.45) is 0 Å². The predicted octanol–water partition coefficient (Wildman–Crippen LogP) is -0.0169. The first-order valence-corrected chi connectivity index (χ1v) is 9.11. The highest BCUT2D eigenvalue weighted by Gasteiger charge is 2.61. The van der Waals surface area contributed by atoms with Crippen molar-refractivity contribution in [1.82, 2.24) is 0 Å². The van der Waals surface area contributed by atoms with Gasteiger partial charge in [-0.15, -0.1) is 0 Å². The van der Waals surface area contributed by atoms with Gasteiger partial charge in [-0.3, -0.25) is 0 Å². The van der Waals surface area contributed by atoms with Crippen LogP contribution < -0.4 is 9.47 Å². The molecule has 0 bridgehead atoms. The number of benzene rings is 2. The summed E-state index contributed by atoms with van der Waals surface area (Å²) in [5.74, 6) is -2.66. The quantitative estimate of drug-likeness (QED) is 0.355. The number of aliphatic hydroxyl groups is 5. The third-order valence-corrected chi connectivity index (χ3v) is 4.90. The van der Waals surface area contributed by atoms with Crippen LogP contribution in [0.3, 0.4) is 0 Å². The van der Waals surface area contributed by atoms with E-state index in [1.165, 1.54) is 37.5 Å². The molecular formula is C21H24O9. The van der Waals surface area contributed by atoms with Gasteiger partial charge in [0.05, 0.1) is 13.7 Å². The fourth-order valence-corrected chi connectivity index (χ4v) is 3.13. The molecule has 9 heteroatoms. The lowest BCUT2D eigenvalue weighted by molar-refractivity contribution is -0.393. The van der Waals surface area contributed by atoms with Crippen LogP contribution in [0.15, 0.2) is 54.6 Å². The lowest BCUT2D eigenvalue weighted by Gasteiger charge is -2.49. The van der Waals surface area contributed by atoms with Gasteiger partial charge in [-0.05, 0) is 35.9 Å². The maximum Gasteiger partial charge on any atom is 0.232 e. The number of methoxy groups -OCH3 is 1. The standard InChI is InChI=1S/C21H24O9/c1-28-16-11-13(7-8-15(16)23)9-10-20(12-22)19(25)21(26,27)17(24)18(30-20)29-14-5-3-2-4-6-14/h2-11,17-19,22-27H,12H2,1H3/b10-9+/t17-,18+,19+,20+/m0/s1. The first-order valence-electron chi connectivity index (χ1n) is 9.11. The summed E-state index contributed by atoms with van der Waals surface area (Å²) in [6.07, 6.45) is -3.12. The van der Waals surface area contributed by atoms with E-state index in [4.69, 9.17) is 14.2 Å². The van der Waals surface area contributed by atoms with Crippen molar-refractivity contribution >= 4 is 6.08 Å². The minimum absolute atomic E-state index is 0.0790. The topological polar surface area (TPSA) is 149 Å². The lowest BCUT2D eigenvalue weighted by Crippen LogP contribution is -2.72. The van der Waals surface area contributed by atoms with Gasteiger partial charge in [0.2, 0.25) is 12.1 Å². The second-order valence-corrected chi connectivity index (χ2v) is 6.93. The van der Waals surface area contributed by atoms with Gasteiger partial charge >= 0.3 is 0 Å². The summed E-state index contributed by atoms with van der Waals surface area (Å²) in [6.45, 7) is -0.857. The molecule has 4 atom stereocenters. The average Bonchev–Trinajstić information content (AvgIpc) is 2.75. The fraction of sp³-hybridized carbons (Fsp3) is 0.333. The highest BCUT2D eigenvalue weighted by molar-refractivity contribution is 5.56. The Kier molecular flexibility index (Phi) is 6.32. The number of para-hydroxylation sites is 1. The van der Waals surface area contributed by atoms with E-state index in [-0.39, 0.29) is 17.2 Å². The summed E-state index contributed by atoms with van der Waals surface area (Å²) in [5.41, 5.74) is -1.52. The second kappa shape index (κ2) is 8.60. The van der Waals surface area contributed by atoms with Crippen LogP contribution in [0, 0.1) is 0 Å². The van der Waals surface area contributed by atoms with Gasteiger partial charge in [0, 0.05) is 0 Å². The van der Waals surface area contributed by atoms with E-state index in [9.17, 15) is 30.6 Å². The molecule has 3 rings (SSSR count). The van der Waals surface area contributed by atoms with Crippen molar-refractivity contribution in [3.05, 3.63) is 60.2 Å². The van der Waals surface area contributed by atoms with Crippen LogP contribution in [0.25, 0.3) is 6.08 Å². The molecule has 1 saturated heterocycles. The molecule has 2 aromatic carbocycles. The molecule has 0 spiro atoms. The van der Waals surface area contributed by atoms with Gasteiger partial charge in [-0.1, -0.05) is 30.3 Å².